The van der Waals surface area contributed by atoms with Crippen LogP contribution in [0.3, 0.4) is 0 Å². The summed E-state index contributed by atoms with van der Waals surface area (Å²) in [6.07, 6.45) is 1.45. The lowest BCUT2D eigenvalue weighted by Crippen LogP contribution is -2.36. The molecule has 3 N–H and O–H groups in total. The first-order valence-corrected chi connectivity index (χ1v) is 8.67. The zero-order chi connectivity index (χ0) is 19.0. The molecule has 4 rings (SSSR count). The largest absolute Gasteiger partial charge is 0.489 e. The van der Waals surface area contributed by atoms with Crippen LogP contribution < -0.4 is 10.5 Å². The van der Waals surface area contributed by atoms with Gasteiger partial charge in [0.2, 0.25) is 0 Å². The Labute approximate surface area is 157 Å². The van der Waals surface area contributed by atoms with Crippen LogP contribution in [0.5, 0.6) is 5.75 Å². The van der Waals surface area contributed by atoms with Crippen molar-refractivity contribution in [3.05, 3.63) is 71.5 Å². The summed E-state index contributed by atoms with van der Waals surface area (Å²) in [5.74, 6) is 1.08. The third-order valence-electron chi connectivity index (χ3n) is 4.94. The van der Waals surface area contributed by atoms with Gasteiger partial charge in [-0.05, 0) is 37.6 Å². The lowest BCUT2D eigenvalue weighted by Gasteiger charge is -2.34. The van der Waals surface area contributed by atoms with Crippen molar-refractivity contribution >= 4 is 11.5 Å². The molecule has 0 radical (unpaired) electrons. The van der Waals surface area contributed by atoms with E-state index in [0.717, 1.165) is 27.9 Å². The number of nitrogens with two attached hydrogens (primary N) is 1. The predicted octanol–water partition coefficient (Wildman–Crippen LogP) is 3.77. The van der Waals surface area contributed by atoms with Gasteiger partial charge in [-0.25, -0.2) is 9.97 Å². The molecule has 0 saturated heterocycles. The molecule has 0 atom stereocenters. The van der Waals surface area contributed by atoms with E-state index in [1.54, 1.807) is 0 Å². The molecule has 0 saturated carbocycles. The minimum absolute atomic E-state index is 0.390. The molecule has 0 fully saturated rings. The quantitative estimate of drug-likeness (QED) is 0.548. The summed E-state index contributed by atoms with van der Waals surface area (Å²) in [5.41, 5.74) is 10.2. The highest BCUT2D eigenvalue weighted by Gasteiger charge is 2.40. The molecule has 0 amide bonds. The third-order valence-corrected chi connectivity index (χ3v) is 4.94. The van der Waals surface area contributed by atoms with E-state index >= 15 is 0 Å². The highest BCUT2D eigenvalue weighted by atomic mass is 16.5. The molecule has 1 heterocycles. The Balaban J connectivity index is 1.78. The summed E-state index contributed by atoms with van der Waals surface area (Å²) in [5, 5.41) is 13.3. The summed E-state index contributed by atoms with van der Waals surface area (Å²) >= 11 is 0. The maximum Gasteiger partial charge on any atom is 0.131 e. The van der Waals surface area contributed by atoms with Crippen LogP contribution in [0.4, 0.5) is 5.82 Å². The molecule has 0 unspecified atom stereocenters. The standard InChI is InChI=1S/C21H20N4O2/c1-21(2)17-18(23-12-24-20(17)22)15-9-8-14(10-16(15)19(21)25-26)27-11-13-6-4-3-5-7-13/h3-10,12,26H,11H2,1-2H3,(H2,22,23,24). The fourth-order valence-corrected chi connectivity index (χ4v) is 3.61. The highest BCUT2D eigenvalue weighted by Crippen LogP contribution is 2.45. The molecule has 0 aliphatic heterocycles. The molecule has 1 aliphatic carbocycles. The molecule has 27 heavy (non-hydrogen) atoms. The molecule has 136 valence electrons. The number of benzene rings is 2. The number of nitrogen functional groups attached to an aromatic ring is 1. The van der Waals surface area contributed by atoms with Gasteiger partial charge in [0.05, 0.1) is 11.4 Å². The molecule has 6 nitrogen and oxygen atoms in total. The van der Waals surface area contributed by atoms with Crippen molar-refractivity contribution in [1.82, 2.24) is 9.97 Å². The molecule has 1 aromatic heterocycles. The van der Waals surface area contributed by atoms with Gasteiger partial charge in [-0.2, -0.15) is 0 Å². The molecule has 0 bridgehead atoms. The van der Waals surface area contributed by atoms with Crippen LogP contribution in [0.2, 0.25) is 0 Å². The van der Waals surface area contributed by atoms with Gasteiger partial charge in [-0.3, -0.25) is 0 Å². The van der Waals surface area contributed by atoms with Crippen LogP contribution in [0, 0.1) is 0 Å². The van der Waals surface area contributed by atoms with Crippen molar-refractivity contribution in [3.8, 4) is 17.0 Å². The summed E-state index contributed by atoms with van der Waals surface area (Å²) < 4.78 is 5.94. The van der Waals surface area contributed by atoms with Crippen LogP contribution in [0.15, 0.2) is 60.0 Å². The topological polar surface area (TPSA) is 93.6 Å². The van der Waals surface area contributed by atoms with Crippen LogP contribution in [-0.2, 0) is 12.0 Å². The van der Waals surface area contributed by atoms with E-state index in [1.165, 1.54) is 6.33 Å². The minimum Gasteiger partial charge on any atom is -0.489 e. The lowest BCUT2D eigenvalue weighted by atomic mass is 9.70. The number of hydrogen-bond donors (Lipinski definition) is 2. The van der Waals surface area contributed by atoms with Gasteiger partial charge >= 0.3 is 0 Å². The Kier molecular flexibility index (Phi) is 4.03. The number of nitrogens with zero attached hydrogens (tertiary/aromatic N) is 3. The highest BCUT2D eigenvalue weighted by molar-refractivity contribution is 6.15. The number of oxime groups is 1. The summed E-state index contributed by atoms with van der Waals surface area (Å²) in [6.45, 7) is 4.35. The van der Waals surface area contributed by atoms with E-state index in [9.17, 15) is 5.21 Å². The van der Waals surface area contributed by atoms with E-state index in [-0.39, 0.29) is 0 Å². The van der Waals surface area contributed by atoms with Crippen molar-refractivity contribution in [1.29, 1.82) is 0 Å². The van der Waals surface area contributed by atoms with Gasteiger partial charge in [-0.1, -0.05) is 35.5 Å². The predicted molar refractivity (Wildman–Crippen MR) is 104 cm³/mol. The molecule has 6 heteroatoms. The van der Waals surface area contributed by atoms with Gasteiger partial charge in [0.15, 0.2) is 0 Å². The van der Waals surface area contributed by atoms with Gasteiger partial charge in [0.25, 0.3) is 0 Å². The third kappa shape index (κ3) is 2.79. The second-order valence-electron chi connectivity index (χ2n) is 7.04. The SMILES string of the molecule is CC1(C)C(=NO)c2cc(OCc3ccccc3)ccc2-c2ncnc(N)c21. The normalized spacial score (nSPS) is 15.9. The summed E-state index contributed by atoms with van der Waals surface area (Å²) in [4.78, 5) is 8.56. The Bertz CT molecular complexity index is 1030. The van der Waals surface area contributed by atoms with Crippen LogP contribution in [0.25, 0.3) is 11.3 Å². The zero-order valence-corrected chi connectivity index (χ0v) is 15.2. The maximum atomic E-state index is 9.75. The first-order chi connectivity index (χ1) is 13.0. The average molecular weight is 360 g/mol. The number of ether oxygens (including phenoxy) is 1. The van der Waals surface area contributed by atoms with E-state index in [1.807, 2.05) is 62.4 Å². The van der Waals surface area contributed by atoms with Gasteiger partial charge in [-0.15, -0.1) is 0 Å². The zero-order valence-electron chi connectivity index (χ0n) is 15.2. The van der Waals surface area contributed by atoms with Crippen molar-refractivity contribution in [2.45, 2.75) is 25.9 Å². The molecule has 2 aromatic carbocycles. The number of fused-ring (bicyclic) bond motifs is 3. The fourth-order valence-electron chi connectivity index (χ4n) is 3.61. The fraction of sp³-hybridized carbons (Fsp3) is 0.190. The molecular formula is C21H20N4O2. The van der Waals surface area contributed by atoms with Crippen LogP contribution >= 0.6 is 0 Å². The van der Waals surface area contributed by atoms with E-state index in [0.29, 0.717) is 23.9 Å². The van der Waals surface area contributed by atoms with Crippen molar-refractivity contribution < 1.29 is 9.94 Å². The second-order valence-corrected chi connectivity index (χ2v) is 7.04. The molecule has 3 aromatic rings. The van der Waals surface area contributed by atoms with Gasteiger partial charge < -0.3 is 15.7 Å². The average Bonchev–Trinajstić information content (AvgIpc) is 2.67. The first kappa shape index (κ1) is 17.0. The maximum absolute atomic E-state index is 9.75. The number of anilines is 1. The summed E-state index contributed by atoms with van der Waals surface area (Å²) in [6, 6.07) is 15.6. The molecule has 1 aliphatic rings. The number of hydrogen-bond acceptors (Lipinski definition) is 6. The number of aromatic nitrogens is 2. The lowest BCUT2D eigenvalue weighted by molar-refractivity contribution is 0.305. The Morgan fingerprint density at radius 2 is 1.85 bits per heavy atom. The van der Waals surface area contributed by atoms with Crippen molar-refractivity contribution in [2.75, 3.05) is 5.73 Å². The van der Waals surface area contributed by atoms with Crippen LogP contribution in [-0.4, -0.2) is 20.9 Å². The Morgan fingerprint density at radius 3 is 2.59 bits per heavy atom. The Morgan fingerprint density at radius 1 is 1.07 bits per heavy atom. The van der Waals surface area contributed by atoms with Crippen molar-refractivity contribution in [2.24, 2.45) is 5.16 Å². The first-order valence-electron chi connectivity index (χ1n) is 8.67. The van der Waals surface area contributed by atoms with Crippen LogP contribution in [0.1, 0.15) is 30.5 Å². The summed E-state index contributed by atoms with van der Waals surface area (Å²) in [7, 11) is 0. The monoisotopic (exact) mass is 360 g/mol. The second kappa shape index (κ2) is 6.39. The van der Waals surface area contributed by atoms with Crippen molar-refractivity contribution in [3.63, 3.8) is 0 Å². The number of rotatable bonds is 3. The molecular weight excluding hydrogens is 340 g/mol. The van der Waals surface area contributed by atoms with E-state index in [2.05, 4.69) is 15.1 Å². The van der Waals surface area contributed by atoms with E-state index < -0.39 is 5.41 Å². The smallest absolute Gasteiger partial charge is 0.131 e. The van der Waals surface area contributed by atoms with Gasteiger partial charge in [0, 0.05) is 22.1 Å². The Hall–Kier alpha value is -3.41. The van der Waals surface area contributed by atoms with Gasteiger partial charge in [0.1, 0.15) is 24.5 Å². The van der Waals surface area contributed by atoms with E-state index in [4.69, 9.17) is 10.5 Å². The molecule has 0 spiro atoms. The minimum atomic E-state index is -0.638.